The smallest absolute Gasteiger partial charge is 0.239 e. The average molecular weight is 330 g/mol. The van der Waals surface area contributed by atoms with E-state index in [1.54, 1.807) is 0 Å². The van der Waals surface area contributed by atoms with E-state index in [-0.39, 0.29) is 18.1 Å². The zero-order valence-electron chi connectivity index (χ0n) is 14.5. The molecule has 2 fully saturated rings. The van der Waals surface area contributed by atoms with Crippen molar-refractivity contribution in [2.45, 2.75) is 63.5 Å². The van der Waals surface area contributed by atoms with Gasteiger partial charge in [0.05, 0.1) is 6.04 Å². The van der Waals surface area contributed by atoms with E-state index in [9.17, 15) is 4.79 Å². The fourth-order valence-electron chi connectivity index (χ4n) is 4.00. The maximum absolute atomic E-state index is 12.6. The van der Waals surface area contributed by atoms with Crippen LogP contribution in [0.4, 0.5) is 0 Å². The Labute approximate surface area is 145 Å². The van der Waals surface area contributed by atoms with Crippen molar-refractivity contribution in [1.82, 2.24) is 4.90 Å². The number of hydrogen-bond donors (Lipinski definition) is 1. The van der Waals surface area contributed by atoms with E-state index in [2.05, 4.69) is 0 Å². The molecule has 132 valence electrons. The van der Waals surface area contributed by atoms with Gasteiger partial charge in [-0.15, -0.1) is 0 Å². The van der Waals surface area contributed by atoms with Crippen molar-refractivity contribution in [2.24, 2.45) is 11.7 Å². The van der Waals surface area contributed by atoms with Crippen LogP contribution in [0.5, 0.6) is 5.75 Å². The summed E-state index contributed by atoms with van der Waals surface area (Å²) >= 11 is 0. The second-order valence-electron chi connectivity index (χ2n) is 7.30. The molecule has 24 heavy (non-hydrogen) atoms. The Bertz CT molecular complexity index is 506. The highest BCUT2D eigenvalue weighted by molar-refractivity contribution is 5.81. The van der Waals surface area contributed by atoms with Crippen LogP contribution in [0.25, 0.3) is 0 Å². The van der Waals surface area contributed by atoms with Crippen molar-refractivity contribution < 1.29 is 9.53 Å². The predicted octanol–water partition coefficient (Wildman–Crippen LogP) is 3.35. The first kappa shape index (κ1) is 17.3. The first-order valence-electron chi connectivity index (χ1n) is 9.48. The molecule has 1 saturated carbocycles. The van der Waals surface area contributed by atoms with E-state index in [1.807, 2.05) is 35.2 Å². The second-order valence-corrected chi connectivity index (χ2v) is 7.30. The minimum absolute atomic E-state index is 0.138. The van der Waals surface area contributed by atoms with Crippen LogP contribution >= 0.6 is 0 Å². The lowest BCUT2D eigenvalue weighted by Gasteiger charge is -2.34. The van der Waals surface area contributed by atoms with Gasteiger partial charge in [-0.05, 0) is 24.5 Å². The number of nitrogens with zero attached hydrogens (tertiary/aromatic N) is 1. The Morgan fingerprint density at radius 2 is 1.75 bits per heavy atom. The fourth-order valence-corrected chi connectivity index (χ4v) is 4.00. The molecule has 0 bridgehead atoms. The van der Waals surface area contributed by atoms with Gasteiger partial charge in [-0.2, -0.15) is 0 Å². The summed E-state index contributed by atoms with van der Waals surface area (Å²) in [7, 11) is 0. The van der Waals surface area contributed by atoms with Gasteiger partial charge in [0.2, 0.25) is 5.91 Å². The highest BCUT2D eigenvalue weighted by Crippen LogP contribution is 2.27. The maximum atomic E-state index is 12.6. The molecule has 1 heterocycles. The third kappa shape index (κ3) is 4.73. The zero-order chi connectivity index (χ0) is 16.8. The summed E-state index contributed by atoms with van der Waals surface area (Å²) in [4.78, 5) is 14.5. The molecule has 1 aromatic rings. The summed E-state index contributed by atoms with van der Waals surface area (Å²) in [6.07, 6.45) is 9.26. The highest BCUT2D eigenvalue weighted by atomic mass is 16.5. The van der Waals surface area contributed by atoms with Gasteiger partial charge in [-0.1, -0.05) is 50.3 Å². The van der Waals surface area contributed by atoms with Crippen molar-refractivity contribution in [3.05, 3.63) is 30.3 Å². The normalized spacial score (nSPS) is 21.5. The molecule has 0 spiro atoms. The summed E-state index contributed by atoms with van der Waals surface area (Å²) in [5, 5.41) is 0. The topological polar surface area (TPSA) is 55.6 Å². The Hall–Kier alpha value is -1.55. The molecule has 0 radical (unpaired) electrons. The Balaban J connectivity index is 1.42. The molecule has 0 aromatic heterocycles. The Morgan fingerprint density at radius 3 is 2.42 bits per heavy atom. The number of rotatable bonds is 5. The van der Waals surface area contributed by atoms with Crippen molar-refractivity contribution in [3.8, 4) is 5.75 Å². The second kappa shape index (κ2) is 8.52. The van der Waals surface area contributed by atoms with E-state index in [0.29, 0.717) is 5.92 Å². The third-order valence-electron chi connectivity index (χ3n) is 5.43. The van der Waals surface area contributed by atoms with Gasteiger partial charge >= 0.3 is 0 Å². The van der Waals surface area contributed by atoms with Crippen molar-refractivity contribution in [2.75, 3.05) is 13.1 Å². The van der Waals surface area contributed by atoms with Crippen LogP contribution in [-0.2, 0) is 4.79 Å². The molecule has 1 saturated heterocycles. The van der Waals surface area contributed by atoms with Crippen LogP contribution in [0.15, 0.2) is 30.3 Å². The molecule has 1 unspecified atom stereocenters. The number of likely N-dealkylation sites (tertiary alicyclic amines) is 1. The average Bonchev–Trinajstić information content (AvgIpc) is 2.63. The molecule has 1 aliphatic heterocycles. The molecule has 4 nitrogen and oxygen atoms in total. The number of hydrogen-bond acceptors (Lipinski definition) is 3. The number of ether oxygens (including phenoxy) is 1. The molecule has 2 N–H and O–H groups in total. The van der Waals surface area contributed by atoms with Gasteiger partial charge in [-0.25, -0.2) is 0 Å². The monoisotopic (exact) mass is 330 g/mol. The molecular weight excluding hydrogens is 300 g/mol. The Morgan fingerprint density at radius 1 is 1.08 bits per heavy atom. The quantitative estimate of drug-likeness (QED) is 0.901. The van der Waals surface area contributed by atoms with Gasteiger partial charge in [0.25, 0.3) is 0 Å². The largest absolute Gasteiger partial charge is 0.490 e. The molecule has 1 aliphatic carbocycles. The summed E-state index contributed by atoms with van der Waals surface area (Å²) in [5.74, 6) is 1.70. The molecule has 4 heteroatoms. The maximum Gasteiger partial charge on any atom is 0.239 e. The number of carbonyl (C=O) groups is 1. The third-order valence-corrected chi connectivity index (χ3v) is 5.43. The van der Waals surface area contributed by atoms with Gasteiger partial charge in [0, 0.05) is 25.9 Å². The minimum atomic E-state index is -0.320. The van der Waals surface area contributed by atoms with E-state index in [0.717, 1.165) is 38.1 Å². The van der Waals surface area contributed by atoms with Gasteiger partial charge in [-0.3, -0.25) is 4.79 Å². The van der Waals surface area contributed by atoms with Crippen LogP contribution < -0.4 is 10.5 Å². The molecule has 2 aliphatic rings. The number of piperidine rings is 1. The molecule has 3 rings (SSSR count). The number of carbonyl (C=O) groups excluding carboxylic acids is 1. The van der Waals surface area contributed by atoms with Gasteiger partial charge in [0.1, 0.15) is 11.9 Å². The van der Waals surface area contributed by atoms with Crippen LogP contribution in [0.1, 0.15) is 51.4 Å². The Kier molecular flexibility index (Phi) is 6.13. The highest BCUT2D eigenvalue weighted by Gasteiger charge is 2.28. The molecule has 1 atom stereocenters. The van der Waals surface area contributed by atoms with Crippen LogP contribution in [0, 0.1) is 5.92 Å². The predicted molar refractivity (Wildman–Crippen MR) is 95.8 cm³/mol. The summed E-state index contributed by atoms with van der Waals surface area (Å²) in [5.41, 5.74) is 6.21. The zero-order valence-corrected chi connectivity index (χ0v) is 14.5. The van der Waals surface area contributed by atoms with E-state index >= 15 is 0 Å². The van der Waals surface area contributed by atoms with Crippen LogP contribution in [0.3, 0.4) is 0 Å². The van der Waals surface area contributed by atoms with Crippen molar-refractivity contribution >= 4 is 5.91 Å². The SMILES string of the molecule is NC(CC1CCCCC1)C(=O)N1CCC(Oc2ccccc2)CC1. The minimum Gasteiger partial charge on any atom is -0.490 e. The van der Waals surface area contributed by atoms with E-state index < -0.39 is 0 Å². The first-order valence-corrected chi connectivity index (χ1v) is 9.48. The lowest BCUT2D eigenvalue weighted by atomic mass is 9.84. The fraction of sp³-hybridized carbons (Fsp3) is 0.650. The standard InChI is InChI=1S/C20H30N2O2/c21-19(15-16-7-3-1-4-8-16)20(23)22-13-11-18(12-14-22)24-17-9-5-2-6-10-17/h2,5-6,9-10,16,18-19H,1,3-4,7-8,11-15,21H2. The number of benzene rings is 1. The lowest BCUT2D eigenvalue weighted by molar-refractivity contribution is -0.134. The van der Waals surface area contributed by atoms with Crippen LogP contribution in [0.2, 0.25) is 0 Å². The summed E-state index contributed by atoms with van der Waals surface area (Å²) in [6, 6.07) is 9.60. The summed E-state index contributed by atoms with van der Waals surface area (Å²) < 4.78 is 6.00. The number of para-hydroxylation sites is 1. The molecule has 1 aromatic carbocycles. The first-order chi connectivity index (χ1) is 11.7. The summed E-state index contributed by atoms with van der Waals surface area (Å²) in [6.45, 7) is 1.52. The van der Waals surface area contributed by atoms with Crippen molar-refractivity contribution in [1.29, 1.82) is 0 Å². The van der Waals surface area contributed by atoms with E-state index in [1.165, 1.54) is 32.1 Å². The lowest BCUT2D eigenvalue weighted by Crippen LogP contribution is -2.49. The number of amides is 1. The van der Waals surface area contributed by atoms with Crippen molar-refractivity contribution in [3.63, 3.8) is 0 Å². The van der Waals surface area contributed by atoms with E-state index in [4.69, 9.17) is 10.5 Å². The van der Waals surface area contributed by atoms with Gasteiger partial charge in [0.15, 0.2) is 0 Å². The van der Waals surface area contributed by atoms with Crippen LogP contribution in [-0.4, -0.2) is 36.0 Å². The number of nitrogens with two attached hydrogens (primary N) is 1. The molecular formula is C20H30N2O2. The van der Waals surface area contributed by atoms with Gasteiger partial charge < -0.3 is 15.4 Å². The molecule has 1 amide bonds.